The molecule has 6 heteroatoms. The molecule has 0 saturated carbocycles. The summed E-state index contributed by atoms with van der Waals surface area (Å²) in [5.74, 6) is 0.256. The van der Waals surface area contributed by atoms with E-state index in [4.69, 9.17) is 0 Å². The highest BCUT2D eigenvalue weighted by Crippen LogP contribution is 2.48. The quantitative estimate of drug-likeness (QED) is 0.666. The van der Waals surface area contributed by atoms with Crippen molar-refractivity contribution in [3.63, 3.8) is 0 Å². The van der Waals surface area contributed by atoms with Crippen molar-refractivity contribution >= 4 is 17.3 Å². The van der Waals surface area contributed by atoms with E-state index in [2.05, 4.69) is 20.4 Å². The molecule has 1 spiro atoms. The largest absolute Gasteiger partial charge is 0.508 e. The molecule has 26 heavy (non-hydrogen) atoms. The minimum absolute atomic E-state index is 0.0482. The summed E-state index contributed by atoms with van der Waals surface area (Å²) in [5.41, 5.74) is 4.38. The predicted octanol–water partition coefficient (Wildman–Crippen LogP) is 2.74. The summed E-state index contributed by atoms with van der Waals surface area (Å²) in [7, 11) is 0. The summed E-state index contributed by atoms with van der Waals surface area (Å²) >= 11 is 0. The minimum atomic E-state index is -0.618. The highest BCUT2D eigenvalue weighted by molar-refractivity contribution is 5.98. The van der Waals surface area contributed by atoms with Gasteiger partial charge < -0.3 is 15.3 Å². The number of rotatable bonds is 2. The van der Waals surface area contributed by atoms with Crippen LogP contribution in [0.25, 0.3) is 11.1 Å². The third kappa shape index (κ3) is 2.05. The van der Waals surface area contributed by atoms with Crippen molar-refractivity contribution in [3.05, 3.63) is 60.4 Å². The Hall–Kier alpha value is -3.28. The molecule has 0 aliphatic carbocycles. The zero-order chi connectivity index (χ0) is 17.7. The van der Waals surface area contributed by atoms with Gasteiger partial charge in [-0.3, -0.25) is 9.89 Å². The molecule has 1 fully saturated rings. The first-order chi connectivity index (χ1) is 12.7. The van der Waals surface area contributed by atoms with Gasteiger partial charge in [0.2, 0.25) is 5.91 Å². The number of phenolic OH excluding ortho intramolecular Hbond substituents is 1. The number of hydrogen-bond donors (Lipinski definition) is 3. The van der Waals surface area contributed by atoms with Crippen LogP contribution in [0.1, 0.15) is 12.0 Å². The number of carbonyl (C=O) groups is 1. The molecular formula is C20H18N4O2. The van der Waals surface area contributed by atoms with Gasteiger partial charge in [0, 0.05) is 42.2 Å². The van der Waals surface area contributed by atoms with Crippen molar-refractivity contribution in [2.45, 2.75) is 18.4 Å². The number of carbonyl (C=O) groups excluding carboxylic acids is 1. The molecular weight excluding hydrogens is 328 g/mol. The predicted molar refractivity (Wildman–Crippen MR) is 98.3 cm³/mol. The molecule has 3 aromatic rings. The Labute approximate surface area is 150 Å². The van der Waals surface area contributed by atoms with E-state index in [1.54, 1.807) is 18.3 Å². The van der Waals surface area contributed by atoms with Crippen LogP contribution in [-0.2, 0) is 11.2 Å². The molecule has 1 aromatic heterocycles. The van der Waals surface area contributed by atoms with Crippen molar-refractivity contribution in [1.29, 1.82) is 0 Å². The van der Waals surface area contributed by atoms with E-state index in [0.29, 0.717) is 13.0 Å². The standard InChI is InChI=1S/C20H18N4O2/c25-17-6-3-14-10-20(7-8-21-19(20)26)24(18(14)9-17)16-4-1-13(2-5-16)15-11-22-23-12-15/h1-6,9,11-12,25H,7-8,10H2,(H,21,26)(H,22,23). The molecule has 5 rings (SSSR count). The highest BCUT2D eigenvalue weighted by atomic mass is 16.3. The molecule has 0 radical (unpaired) electrons. The molecule has 1 saturated heterocycles. The molecule has 2 aromatic carbocycles. The lowest BCUT2D eigenvalue weighted by molar-refractivity contribution is -0.123. The molecule has 2 aliphatic rings. The Balaban J connectivity index is 1.63. The van der Waals surface area contributed by atoms with E-state index in [-0.39, 0.29) is 11.7 Å². The number of anilines is 2. The normalized spacial score (nSPS) is 21.2. The molecule has 130 valence electrons. The van der Waals surface area contributed by atoms with Gasteiger partial charge >= 0.3 is 0 Å². The fourth-order valence-corrected chi connectivity index (χ4v) is 4.18. The van der Waals surface area contributed by atoms with Crippen LogP contribution >= 0.6 is 0 Å². The first-order valence-corrected chi connectivity index (χ1v) is 8.67. The lowest BCUT2D eigenvalue weighted by Gasteiger charge is -2.35. The van der Waals surface area contributed by atoms with E-state index in [1.165, 1.54) is 0 Å². The van der Waals surface area contributed by atoms with Crippen molar-refractivity contribution in [2.24, 2.45) is 0 Å². The first-order valence-electron chi connectivity index (χ1n) is 8.67. The number of benzene rings is 2. The van der Waals surface area contributed by atoms with Gasteiger partial charge in [0.1, 0.15) is 11.3 Å². The minimum Gasteiger partial charge on any atom is -0.508 e. The van der Waals surface area contributed by atoms with Gasteiger partial charge in [-0.05, 0) is 35.7 Å². The highest BCUT2D eigenvalue weighted by Gasteiger charge is 2.52. The molecule has 0 bridgehead atoms. The second-order valence-electron chi connectivity index (χ2n) is 6.90. The molecule has 6 nitrogen and oxygen atoms in total. The summed E-state index contributed by atoms with van der Waals surface area (Å²) < 4.78 is 0. The second-order valence-corrected chi connectivity index (χ2v) is 6.90. The fourth-order valence-electron chi connectivity index (χ4n) is 4.18. The molecule has 1 atom stereocenters. The summed E-state index contributed by atoms with van der Waals surface area (Å²) in [6.07, 6.45) is 5.02. The van der Waals surface area contributed by atoms with Crippen molar-refractivity contribution in [2.75, 3.05) is 11.4 Å². The molecule has 2 aliphatic heterocycles. The van der Waals surface area contributed by atoms with Crippen LogP contribution < -0.4 is 10.2 Å². The van der Waals surface area contributed by atoms with Crippen LogP contribution in [0.2, 0.25) is 0 Å². The van der Waals surface area contributed by atoms with E-state index in [1.807, 2.05) is 36.5 Å². The number of aromatic hydroxyl groups is 1. The Morgan fingerprint density at radius 1 is 1.12 bits per heavy atom. The Kier molecular flexibility index (Phi) is 3.09. The van der Waals surface area contributed by atoms with Crippen molar-refractivity contribution < 1.29 is 9.90 Å². The third-order valence-electron chi connectivity index (χ3n) is 5.42. The van der Waals surface area contributed by atoms with Gasteiger partial charge in [-0.25, -0.2) is 0 Å². The number of aromatic nitrogens is 2. The van der Waals surface area contributed by atoms with Crippen LogP contribution in [0, 0.1) is 0 Å². The van der Waals surface area contributed by atoms with E-state index in [9.17, 15) is 9.90 Å². The SMILES string of the molecule is O=C1NCCC12Cc1ccc(O)cc1N2c1ccc(-c2cn[nH]c2)cc1. The zero-order valence-electron chi connectivity index (χ0n) is 14.1. The van der Waals surface area contributed by atoms with Crippen LogP contribution in [0.3, 0.4) is 0 Å². The maximum absolute atomic E-state index is 12.8. The van der Waals surface area contributed by atoms with Crippen molar-refractivity contribution in [1.82, 2.24) is 15.5 Å². The lowest BCUT2D eigenvalue weighted by atomic mass is 9.92. The number of aromatic amines is 1. The second kappa shape index (κ2) is 5.36. The topological polar surface area (TPSA) is 81.2 Å². The number of nitrogens with one attached hydrogen (secondary N) is 2. The first kappa shape index (κ1) is 15.0. The molecule has 1 unspecified atom stereocenters. The molecule has 1 amide bonds. The maximum atomic E-state index is 12.8. The monoisotopic (exact) mass is 346 g/mol. The third-order valence-corrected chi connectivity index (χ3v) is 5.42. The van der Waals surface area contributed by atoms with Gasteiger partial charge in [-0.2, -0.15) is 5.10 Å². The van der Waals surface area contributed by atoms with Crippen LogP contribution in [-0.4, -0.2) is 33.3 Å². The number of nitrogens with zero attached hydrogens (tertiary/aromatic N) is 2. The summed E-state index contributed by atoms with van der Waals surface area (Å²) in [6, 6.07) is 13.5. The van der Waals surface area contributed by atoms with E-state index < -0.39 is 5.54 Å². The van der Waals surface area contributed by atoms with Gasteiger partial charge in [-0.1, -0.05) is 18.2 Å². The van der Waals surface area contributed by atoms with Crippen LogP contribution in [0.4, 0.5) is 11.4 Å². The summed E-state index contributed by atoms with van der Waals surface area (Å²) in [4.78, 5) is 14.8. The fraction of sp³-hybridized carbons (Fsp3) is 0.200. The van der Waals surface area contributed by atoms with Crippen molar-refractivity contribution in [3.8, 4) is 16.9 Å². The number of phenols is 1. The number of H-pyrrole nitrogens is 1. The number of amides is 1. The number of hydrogen-bond acceptors (Lipinski definition) is 4. The molecule has 3 heterocycles. The van der Waals surface area contributed by atoms with Gasteiger partial charge in [0.05, 0.1) is 6.20 Å². The number of fused-ring (bicyclic) bond motifs is 1. The van der Waals surface area contributed by atoms with Crippen LogP contribution in [0.15, 0.2) is 54.9 Å². The Morgan fingerprint density at radius 3 is 2.65 bits per heavy atom. The van der Waals surface area contributed by atoms with Gasteiger partial charge in [-0.15, -0.1) is 0 Å². The smallest absolute Gasteiger partial charge is 0.246 e. The molecule has 3 N–H and O–H groups in total. The average Bonchev–Trinajstić information content (AvgIpc) is 3.36. The Bertz CT molecular complexity index is 982. The zero-order valence-corrected chi connectivity index (χ0v) is 14.1. The van der Waals surface area contributed by atoms with E-state index in [0.717, 1.165) is 34.5 Å². The average molecular weight is 346 g/mol. The van der Waals surface area contributed by atoms with E-state index >= 15 is 0 Å². The lowest BCUT2D eigenvalue weighted by Crippen LogP contribution is -2.50. The maximum Gasteiger partial charge on any atom is 0.246 e. The summed E-state index contributed by atoms with van der Waals surface area (Å²) in [6.45, 7) is 0.669. The van der Waals surface area contributed by atoms with Gasteiger partial charge in [0.15, 0.2) is 0 Å². The van der Waals surface area contributed by atoms with Crippen LogP contribution in [0.5, 0.6) is 5.75 Å². The Morgan fingerprint density at radius 2 is 1.96 bits per heavy atom. The summed E-state index contributed by atoms with van der Waals surface area (Å²) in [5, 5.41) is 19.8. The van der Waals surface area contributed by atoms with Gasteiger partial charge in [0.25, 0.3) is 0 Å².